The molecule has 28 heavy (non-hydrogen) atoms. The van der Waals surface area contributed by atoms with Crippen LogP contribution in [0.15, 0.2) is 42.5 Å². The van der Waals surface area contributed by atoms with Crippen molar-refractivity contribution < 1.29 is 13.9 Å². The molecule has 2 amide bonds. The number of carbonyl (C=O) groups excluding carboxylic acids is 1. The van der Waals surface area contributed by atoms with E-state index in [1.807, 2.05) is 25.1 Å². The summed E-state index contributed by atoms with van der Waals surface area (Å²) in [5, 5.41) is 6.63. The molecule has 0 aliphatic heterocycles. The number of anilines is 1. The van der Waals surface area contributed by atoms with Crippen LogP contribution in [0.25, 0.3) is 0 Å². The van der Waals surface area contributed by atoms with Gasteiger partial charge < -0.3 is 0 Å². The first kappa shape index (κ1) is 20.7. The zero-order valence-electron chi connectivity index (χ0n) is 16.5. The van der Waals surface area contributed by atoms with Crippen molar-refractivity contribution >= 4 is 30.7 Å². The van der Waals surface area contributed by atoms with Crippen LogP contribution >= 0.6 is 0 Å². The van der Waals surface area contributed by atoms with Gasteiger partial charge in [0.2, 0.25) is 0 Å². The Labute approximate surface area is 171 Å². The predicted molar refractivity (Wildman–Crippen MR) is 113 cm³/mol. The Kier molecular flexibility index (Phi) is 7.38. The van der Waals surface area contributed by atoms with Gasteiger partial charge in [-0.3, -0.25) is 0 Å². The van der Waals surface area contributed by atoms with E-state index in [0.29, 0.717) is 12.2 Å². The Morgan fingerprint density at radius 1 is 1.18 bits per heavy atom. The first-order valence-corrected chi connectivity index (χ1v) is 14.0. The van der Waals surface area contributed by atoms with E-state index in [9.17, 15) is 9.18 Å². The molecule has 4 nitrogen and oxygen atoms in total. The van der Waals surface area contributed by atoms with Crippen LogP contribution in [0.4, 0.5) is 14.9 Å². The van der Waals surface area contributed by atoms with Gasteiger partial charge in [0.15, 0.2) is 0 Å². The molecule has 1 atom stereocenters. The van der Waals surface area contributed by atoms with Gasteiger partial charge in [-0.1, -0.05) is 0 Å². The van der Waals surface area contributed by atoms with E-state index in [4.69, 9.17) is 4.74 Å². The molecular weight excluding hydrogens is 418 g/mol. The number of ether oxygens (including phenoxy) is 1. The number of halogens is 1. The fraction of sp³-hybridized carbons (Fsp3) is 0.409. The van der Waals surface area contributed by atoms with Crippen molar-refractivity contribution in [2.75, 3.05) is 11.9 Å². The van der Waals surface area contributed by atoms with Crippen molar-refractivity contribution in [3.63, 3.8) is 0 Å². The molecule has 1 aliphatic rings. The fourth-order valence-electron chi connectivity index (χ4n) is 3.42. The standard InChI is InChI=1S/C22H28AsFN2O2/c1-3-25-22(27)26-20-13-10-17(14-21(20)28-19-6-4-5-7-19)23(2)15-16-8-11-18(24)12-9-16/h8-14,19H,3-7,15H2,1-2H3,(H2,25,26,27). The Morgan fingerprint density at radius 3 is 2.57 bits per heavy atom. The summed E-state index contributed by atoms with van der Waals surface area (Å²) in [6.07, 6.45) is 4.74. The number of nitrogens with one attached hydrogen (secondary N) is 2. The summed E-state index contributed by atoms with van der Waals surface area (Å²) in [6, 6.07) is 12.7. The van der Waals surface area contributed by atoms with E-state index in [-0.39, 0.29) is 18.0 Å². The van der Waals surface area contributed by atoms with Crippen molar-refractivity contribution in [1.82, 2.24) is 5.32 Å². The molecule has 0 aromatic heterocycles. The van der Waals surface area contributed by atoms with Crippen molar-refractivity contribution in [1.29, 1.82) is 0 Å². The third kappa shape index (κ3) is 5.75. The monoisotopic (exact) mass is 446 g/mol. The number of hydrogen-bond acceptors (Lipinski definition) is 2. The van der Waals surface area contributed by atoms with Crippen LogP contribution in [0.5, 0.6) is 5.75 Å². The number of hydrogen-bond donors (Lipinski definition) is 2. The molecule has 2 aromatic rings. The summed E-state index contributed by atoms with van der Waals surface area (Å²) in [5.74, 6) is 0.558. The summed E-state index contributed by atoms with van der Waals surface area (Å²) >= 11 is -1.35. The number of carbonyl (C=O) groups is 1. The van der Waals surface area contributed by atoms with E-state index in [1.54, 1.807) is 0 Å². The molecule has 0 radical (unpaired) electrons. The van der Waals surface area contributed by atoms with Crippen molar-refractivity contribution in [2.24, 2.45) is 0 Å². The van der Waals surface area contributed by atoms with Crippen molar-refractivity contribution in [3.05, 3.63) is 53.8 Å². The maximum atomic E-state index is 13.2. The van der Waals surface area contributed by atoms with Crippen LogP contribution in [-0.4, -0.2) is 33.3 Å². The molecule has 2 aromatic carbocycles. The van der Waals surface area contributed by atoms with E-state index in [1.165, 1.54) is 29.3 Å². The van der Waals surface area contributed by atoms with E-state index >= 15 is 0 Å². The van der Waals surface area contributed by atoms with Crippen LogP contribution in [-0.2, 0) is 5.21 Å². The molecule has 1 saturated carbocycles. The first-order chi connectivity index (χ1) is 13.5. The zero-order valence-corrected chi connectivity index (χ0v) is 18.4. The molecule has 1 fully saturated rings. The van der Waals surface area contributed by atoms with Gasteiger partial charge in [-0.15, -0.1) is 0 Å². The Balaban J connectivity index is 1.78. The third-order valence-electron chi connectivity index (χ3n) is 4.92. The second-order valence-electron chi connectivity index (χ2n) is 7.17. The number of urea groups is 1. The molecule has 3 rings (SSSR count). The van der Waals surface area contributed by atoms with Gasteiger partial charge in [-0.05, 0) is 0 Å². The van der Waals surface area contributed by atoms with Crippen LogP contribution < -0.4 is 19.7 Å². The first-order valence-electron chi connectivity index (χ1n) is 9.86. The molecule has 1 unspecified atom stereocenters. The molecule has 0 spiro atoms. The van der Waals surface area contributed by atoms with E-state index in [2.05, 4.69) is 28.5 Å². The Hall–Kier alpha value is -2.00. The van der Waals surface area contributed by atoms with Crippen LogP contribution in [0.2, 0.25) is 5.71 Å². The third-order valence-corrected chi connectivity index (χ3v) is 9.11. The van der Waals surface area contributed by atoms with Crippen LogP contribution in [0.1, 0.15) is 38.2 Å². The van der Waals surface area contributed by atoms with Gasteiger partial charge in [0.05, 0.1) is 0 Å². The SMILES string of the molecule is CCNC(=O)Nc1ccc([As](C)Cc2ccc(F)cc2)cc1OC1CCCC1. The van der Waals surface area contributed by atoms with Crippen molar-refractivity contribution in [3.8, 4) is 5.75 Å². The summed E-state index contributed by atoms with van der Waals surface area (Å²) in [5.41, 5.74) is 4.17. The average Bonchev–Trinajstić information content (AvgIpc) is 3.18. The van der Waals surface area contributed by atoms with Crippen molar-refractivity contribution in [2.45, 2.75) is 49.6 Å². The quantitative estimate of drug-likeness (QED) is 0.620. The van der Waals surface area contributed by atoms with Gasteiger partial charge in [0, 0.05) is 0 Å². The summed E-state index contributed by atoms with van der Waals surface area (Å²) in [4.78, 5) is 12.0. The summed E-state index contributed by atoms with van der Waals surface area (Å²) < 4.78 is 20.7. The normalized spacial score (nSPS) is 15.2. The van der Waals surface area contributed by atoms with Crippen LogP contribution in [0, 0.1) is 5.82 Å². The molecule has 0 saturated heterocycles. The molecule has 6 heteroatoms. The molecule has 0 bridgehead atoms. The Bertz CT molecular complexity index is 792. The van der Waals surface area contributed by atoms with Gasteiger partial charge in [-0.2, -0.15) is 0 Å². The zero-order chi connectivity index (χ0) is 19.9. The topological polar surface area (TPSA) is 50.4 Å². The number of amides is 2. The Morgan fingerprint density at radius 2 is 1.89 bits per heavy atom. The predicted octanol–water partition coefficient (Wildman–Crippen LogP) is 4.40. The van der Waals surface area contributed by atoms with Gasteiger partial charge in [-0.25, -0.2) is 0 Å². The minimum absolute atomic E-state index is 0.202. The number of benzene rings is 2. The van der Waals surface area contributed by atoms with Gasteiger partial charge in [0.1, 0.15) is 0 Å². The molecule has 0 heterocycles. The molecule has 1 aliphatic carbocycles. The van der Waals surface area contributed by atoms with Crippen LogP contribution in [0.3, 0.4) is 0 Å². The van der Waals surface area contributed by atoms with E-state index in [0.717, 1.165) is 29.4 Å². The molecule has 150 valence electrons. The maximum absolute atomic E-state index is 13.2. The number of rotatable bonds is 7. The average molecular weight is 446 g/mol. The minimum atomic E-state index is -1.35. The summed E-state index contributed by atoms with van der Waals surface area (Å²) in [6.45, 7) is 2.46. The second kappa shape index (κ2) is 9.97. The summed E-state index contributed by atoms with van der Waals surface area (Å²) in [7, 11) is 0. The molecular formula is C22H28AsFN2O2. The van der Waals surface area contributed by atoms with Gasteiger partial charge >= 0.3 is 171 Å². The van der Waals surface area contributed by atoms with Gasteiger partial charge in [0.25, 0.3) is 0 Å². The molecule has 2 N–H and O–H groups in total. The van der Waals surface area contributed by atoms with E-state index < -0.39 is 14.7 Å². The fourth-order valence-corrected chi connectivity index (χ4v) is 6.79. The second-order valence-corrected chi connectivity index (χ2v) is 11.8.